The number of nitrogens with two attached hydrogens (primary N) is 1. The Balaban J connectivity index is 0.00000420. The molecule has 1 heterocycles. The van der Waals surface area contributed by atoms with Gasteiger partial charge < -0.3 is 30.2 Å². The molecule has 0 radical (unpaired) electrons. The zero-order chi connectivity index (χ0) is 20.4. The van der Waals surface area contributed by atoms with Crippen molar-refractivity contribution in [1.82, 2.24) is 15.1 Å². The molecular weight excluding hydrogens is 485 g/mol. The van der Waals surface area contributed by atoms with Gasteiger partial charge >= 0.3 is 0 Å². The molecule has 1 saturated heterocycles. The molecule has 0 aliphatic carbocycles. The summed E-state index contributed by atoms with van der Waals surface area (Å²) in [5.41, 5.74) is 7.17. The minimum atomic E-state index is 0. The molecule has 2 rings (SSSR count). The number of rotatable bonds is 10. The maximum absolute atomic E-state index is 6.06. The molecule has 3 N–H and O–H groups in total. The van der Waals surface area contributed by atoms with Crippen LogP contribution in [0.1, 0.15) is 18.0 Å². The summed E-state index contributed by atoms with van der Waals surface area (Å²) in [6, 6.07) is 6.04. The van der Waals surface area contributed by atoms with Gasteiger partial charge in [0, 0.05) is 19.6 Å². The Kier molecular flexibility index (Phi) is 12.3. The fraction of sp³-hybridized carbons (Fsp3) is 0.650. The Hall–Kier alpha value is -1.30. The van der Waals surface area contributed by atoms with E-state index in [0.717, 1.165) is 51.4 Å². The van der Waals surface area contributed by atoms with Gasteiger partial charge in [-0.3, -0.25) is 9.89 Å². The van der Waals surface area contributed by atoms with Crippen molar-refractivity contribution in [1.29, 1.82) is 0 Å². The van der Waals surface area contributed by atoms with Gasteiger partial charge in [0.2, 0.25) is 0 Å². The summed E-state index contributed by atoms with van der Waals surface area (Å²) >= 11 is 0. The number of guanidine groups is 1. The summed E-state index contributed by atoms with van der Waals surface area (Å²) in [6.45, 7) is 6.12. The molecule has 29 heavy (non-hydrogen) atoms. The highest BCUT2D eigenvalue weighted by molar-refractivity contribution is 14.0. The van der Waals surface area contributed by atoms with Gasteiger partial charge in [-0.2, -0.15) is 0 Å². The first-order valence-corrected chi connectivity index (χ1v) is 9.77. The van der Waals surface area contributed by atoms with Crippen LogP contribution in [0.4, 0.5) is 0 Å². The Labute approximate surface area is 191 Å². The fourth-order valence-corrected chi connectivity index (χ4v) is 3.21. The van der Waals surface area contributed by atoms with Crippen LogP contribution in [0.3, 0.4) is 0 Å². The van der Waals surface area contributed by atoms with Gasteiger partial charge in [-0.05, 0) is 44.8 Å². The third-order valence-electron chi connectivity index (χ3n) is 4.91. The maximum Gasteiger partial charge on any atom is 0.188 e. The van der Waals surface area contributed by atoms with Gasteiger partial charge in [-0.15, -0.1) is 24.0 Å². The number of likely N-dealkylation sites (N-methyl/N-ethyl adjacent to an activating group) is 1. The quantitative estimate of drug-likeness (QED) is 0.209. The number of morpholine rings is 1. The van der Waals surface area contributed by atoms with Crippen molar-refractivity contribution < 1.29 is 14.2 Å². The highest BCUT2D eigenvalue weighted by atomic mass is 127. The zero-order valence-corrected chi connectivity index (χ0v) is 20.3. The van der Waals surface area contributed by atoms with E-state index in [0.29, 0.717) is 24.0 Å². The second kappa shape index (κ2) is 13.8. The first-order chi connectivity index (χ1) is 13.5. The number of aliphatic imine (C=N–C) groups is 1. The molecule has 1 fully saturated rings. The number of ether oxygens (including phenoxy) is 3. The summed E-state index contributed by atoms with van der Waals surface area (Å²) < 4.78 is 16.1. The van der Waals surface area contributed by atoms with Crippen molar-refractivity contribution in [3.63, 3.8) is 0 Å². The molecule has 0 amide bonds. The average Bonchev–Trinajstić information content (AvgIpc) is 2.71. The van der Waals surface area contributed by atoms with Crippen LogP contribution in [-0.2, 0) is 4.74 Å². The smallest absolute Gasteiger partial charge is 0.188 e. The van der Waals surface area contributed by atoms with Gasteiger partial charge in [0.05, 0.1) is 40.0 Å². The summed E-state index contributed by atoms with van der Waals surface area (Å²) in [7, 11) is 7.34. The Morgan fingerprint density at radius 1 is 1.24 bits per heavy atom. The number of nitrogens with zero attached hydrogens (tertiary/aromatic N) is 3. The molecule has 8 nitrogen and oxygen atoms in total. The molecule has 0 saturated carbocycles. The normalized spacial score (nSPS) is 16.2. The van der Waals surface area contributed by atoms with Gasteiger partial charge in [-0.25, -0.2) is 0 Å². The third kappa shape index (κ3) is 8.53. The van der Waals surface area contributed by atoms with Crippen molar-refractivity contribution in [2.75, 3.05) is 74.3 Å². The number of methoxy groups -OCH3 is 2. The topological polar surface area (TPSA) is 84.6 Å². The first kappa shape index (κ1) is 25.7. The largest absolute Gasteiger partial charge is 0.493 e. The van der Waals surface area contributed by atoms with Crippen LogP contribution < -0.4 is 20.5 Å². The monoisotopic (exact) mass is 521 g/mol. The predicted octanol–water partition coefficient (Wildman–Crippen LogP) is 1.55. The number of benzene rings is 1. The van der Waals surface area contributed by atoms with E-state index in [4.69, 9.17) is 19.9 Å². The second-order valence-corrected chi connectivity index (χ2v) is 7.05. The Bertz CT molecular complexity index is 624. The van der Waals surface area contributed by atoms with Crippen molar-refractivity contribution in [2.24, 2.45) is 10.7 Å². The number of hydrogen-bond donors (Lipinski definition) is 2. The van der Waals surface area contributed by atoms with Crippen molar-refractivity contribution in [2.45, 2.75) is 12.5 Å². The van der Waals surface area contributed by atoms with Crippen molar-refractivity contribution >= 4 is 29.9 Å². The van der Waals surface area contributed by atoms with Crippen LogP contribution in [0.15, 0.2) is 23.2 Å². The molecule has 9 heteroatoms. The lowest BCUT2D eigenvalue weighted by Gasteiger charge is -2.26. The average molecular weight is 521 g/mol. The minimum absolute atomic E-state index is 0. The second-order valence-electron chi connectivity index (χ2n) is 7.05. The Morgan fingerprint density at radius 2 is 1.93 bits per heavy atom. The highest BCUT2D eigenvalue weighted by Gasteiger charge is 2.16. The molecular formula is C20H36IN5O3. The molecule has 0 bridgehead atoms. The van der Waals surface area contributed by atoms with Crippen LogP contribution in [0.5, 0.6) is 11.5 Å². The van der Waals surface area contributed by atoms with Crippen LogP contribution in [0.25, 0.3) is 0 Å². The van der Waals surface area contributed by atoms with E-state index in [2.05, 4.69) is 20.1 Å². The van der Waals surface area contributed by atoms with Gasteiger partial charge in [-0.1, -0.05) is 6.07 Å². The first-order valence-electron chi connectivity index (χ1n) is 9.77. The Morgan fingerprint density at radius 3 is 2.55 bits per heavy atom. The molecule has 166 valence electrons. The lowest BCUT2D eigenvalue weighted by Crippen LogP contribution is -2.39. The van der Waals surface area contributed by atoms with E-state index in [1.54, 1.807) is 14.2 Å². The molecule has 1 aromatic carbocycles. The number of nitrogens with one attached hydrogen (secondary N) is 1. The summed E-state index contributed by atoms with van der Waals surface area (Å²) in [6.07, 6.45) is 1.03. The molecule has 0 spiro atoms. The summed E-state index contributed by atoms with van der Waals surface area (Å²) in [5, 5.41) is 3.22. The van der Waals surface area contributed by atoms with Gasteiger partial charge in [0.1, 0.15) is 0 Å². The van der Waals surface area contributed by atoms with E-state index < -0.39 is 0 Å². The number of hydrogen-bond acceptors (Lipinski definition) is 6. The molecule has 1 aliphatic heterocycles. The summed E-state index contributed by atoms with van der Waals surface area (Å²) in [5.74, 6) is 1.91. The van der Waals surface area contributed by atoms with Crippen LogP contribution >= 0.6 is 24.0 Å². The molecule has 1 unspecified atom stereocenters. The number of halogens is 1. The van der Waals surface area contributed by atoms with Crippen LogP contribution in [-0.4, -0.2) is 90.0 Å². The van der Waals surface area contributed by atoms with Gasteiger partial charge in [0.25, 0.3) is 0 Å². The van der Waals surface area contributed by atoms with E-state index in [9.17, 15) is 0 Å². The molecule has 1 atom stereocenters. The van der Waals surface area contributed by atoms with Crippen molar-refractivity contribution in [3.8, 4) is 11.5 Å². The maximum atomic E-state index is 6.06. The van der Waals surface area contributed by atoms with Crippen LogP contribution in [0.2, 0.25) is 0 Å². The van der Waals surface area contributed by atoms with E-state index in [1.165, 1.54) is 0 Å². The predicted molar refractivity (Wildman–Crippen MR) is 128 cm³/mol. The SMILES string of the molecule is COc1ccc(C(CN=C(N)NCCCN2CCOCC2)N(C)C)cc1OC.I. The summed E-state index contributed by atoms with van der Waals surface area (Å²) in [4.78, 5) is 9.08. The van der Waals surface area contributed by atoms with Crippen LogP contribution in [0, 0.1) is 0 Å². The molecule has 0 aromatic heterocycles. The fourth-order valence-electron chi connectivity index (χ4n) is 3.21. The minimum Gasteiger partial charge on any atom is -0.493 e. The van der Waals surface area contributed by atoms with E-state index >= 15 is 0 Å². The van der Waals surface area contributed by atoms with Crippen molar-refractivity contribution in [3.05, 3.63) is 23.8 Å². The highest BCUT2D eigenvalue weighted by Crippen LogP contribution is 2.31. The standard InChI is InChI=1S/C20H35N5O3.HI/c1-24(2)17(16-6-7-18(26-3)19(14-16)27-4)15-23-20(21)22-8-5-9-25-10-12-28-13-11-25;/h6-7,14,17H,5,8-13,15H2,1-4H3,(H3,21,22,23);1H. The third-order valence-corrected chi connectivity index (χ3v) is 4.91. The lowest BCUT2D eigenvalue weighted by atomic mass is 10.1. The lowest BCUT2D eigenvalue weighted by molar-refractivity contribution is 0.0376. The molecule has 1 aromatic rings. The van der Waals surface area contributed by atoms with E-state index in [1.807, 2.05) is 32.3 Å². The molecule has 1 aliphatic rings. The zero-order valence-electron chi connectivity index (χ0n) is 18.0. The van der Waals surface area contributed by atoms with Gasteiger partial charge in [0.15, 0.2) is 17.5 Å². The van der Waals surface area contributed by atoms with E-state index in [-0.39, 0.29) is 30.0 Å².